The molecular weight excluding hydrogens is 292 g/mol. The highest BCUT2D eigenvalue weighted by Gasteiger charge is 2.28. The molecule has 1 heterocycles. The van der Waals surface area contributed by atoms with Crippen molar-refractivity contribution in [2.24, 2.45) is 5.73 Å². The molecule has 6 nitrogen and oxygen atoms in total. The highest BCUT2D eigenvalue weighted by atomic mass is 16.2. The third-order valence-corrected chi connectivity index (χ3v) is 4.10. The number of nitrogens with two attached hydrogens (primary N) is 1. The Morgan fingerprint density at radius 1 is 1.35 bits per heavy atom. The van der Waals surface area contributed by atoms with Gasteiger partial charge in [-0.3, -0.25) is 9.69 Å². The van der Waals surface area contributed by atoms with E-state index in [1.807, 2.05) is 32.0 Å². The lowest BCUT2D eigenvalue weighted by Gasteiger charge is -2.23. The molecule has 3 amide bonds. The number of nitrogens with one attached hydrogen (secondary N) is 2. The van der Waals surface area contributed by atoms with E-state index in [0.717, 1.165) is 24.1 Å². The third kappa shape index (κ3) is 3.82. The summed E-state index contributed by atoms with van der Waals surface area (Å²) in [4.78, 5) is 26.1. The highest BCUT2D eigenvalue weighted by Crippen LogP contribution is 2.31. The maximum absolute atomic E-state index is 12.3. The van der Waals surface area contributed by atoms with Gasteiger partial charge in [0.1, 0.15) is 0 Å². The van der Waals surface area contributed by atoms with Gasteiger partial charge in [-0.15, -0.1) is 0 Å². The smallest absolute Gasteiger partial charge is 0.321 e. The zero-order valence-corrected chi connectivity index (χ0v) is 14.1. The minimum absolute atomic E-state index is 0.107. The van der Waals surface area contributed by atoms with Crippen LogP contribution in [0.4, 0.5) is 16.2 Å². The Labute approximate surface area is 137 Å². The molecule has 0 aliphatic carbocycles. The van der Waals surface area contributed by atoms with Gasteiger partial charge < -0.3 is 16.4 Å². The summed E-state index contributed by atoms with van der Waals surface area (Å²) in [6.45, 7) is 6.87. The Hall–Kier alpha value is -2.08. The molecule has 1 aliphatic rings. The molecule has 0 saturated carbocycles. The predicted molar refractivity (Wildman–Crippen MR) is 92.7 cm³/mol. The molecule has 126 valence electrons. The van der Waals surface area contributed by atoms with Gasteiger partial charge in [0.05, 0.1) is 11.2 Å². The van der Waals surface area contributed by atoms with Crippen LogP contribution in [0.15, 0.2) is 18.2 Å². The zero-order chi connectivity index (χ0) is 17.0. The van der Waals surface area contributed by atoms with Gasteiger partial charge in [-0.25, -0.2) is 4.79 Å². The maximum atomic E-state index is 12.3. The van der Waals surface area contributed by atoms with Crippen molar-refractivity contribution in [3.8, 4) is 0 Å². The number of nitrogens with zero attached hydrogens (tertiary/aromatic N) is 1. The lowest BCUT2D eigenvalue weighted by atomic mass is 9.96. The van der Waals surface area contributed by atoms with Crippen LogP contribution in [0, 0.1) is 0 Å². The van der Waals surface area contributed by atoms with E-state index in [-0.39, 0.29) is 11.9 Å². The quantitative estimate of drug-likeness (QED) is 0.778. The number of hydrogen-bond acceptors (Lipinski definition) is 3. The molecule has 0 fully saturated rings. The molecule has 0 bridgehead atoms. The zero-order valence-electron chi connectivity index (χ0n) is 14.1. The number of benzene rings is 1. The first-order chi connectivity index (χ1) is 10.9. The molecule has 1 atom stereocenters. The topological polar surface area (TPSA) is 87.5 Å². The Morgan fingerprint density at radius 3 is 2.74 bits per heavy atom. The first-order valence-electron chi connectivity index (χ1n) is 8.17. The van der Waals surface area contributed by atoms with Crippen LogP contribution >= 0.6 is 0 Å². The number of carbonyl (C=O) groups excluding carboxylic acids is 2. The summed E-state index contributed by atoms with van der Waals surface area (Å²) in [5.41, 5.74) is 7.79. The summed E-state index contributed by atoms with van der Waals surface area (Å²) in [5, 5.41) is 5.68. The normalized spacial score (nSPS) is 15.7. The minimum atomic E-state index is -0.896. The molecular formula is C17H26N4O2. The van der Waals surface area contributed by atoms with Crippen LogP contribution in [-0.2, 0) is 11.2 Å². The molecule has 1 aromatic rings. The first-order valence-corrected chi connectivity index (χ1v) is 8.17. The Kier molecular flexibility index (Phi) is 5.26. The van der Waals surface area contributed by atoms with Crippen LogP contribution in [-0.4, -0.2) is 30.6 Å². The standard InChI is InChI=1S/C17H26N4O2/c1-4-9-17(3,18)15(22)20-13-7-6-12-8-10-21(14(12)11-13)16(23)19-5-2/h6-7,11H,4-5,8-10,18H2,1-3H3,(H,19,23)(H,20,22). The third-order valence-electron chi connectivity index (χ3n) is 4.10. The van der Waals surface area contributed by atoms with E-state index in [1.165, 1.54) is 0 Å². The number of rotatable bonds is 5. The summed E-state index contributed by atoms with van der Waals surface area (Å²) in [5.74, 6) is -0.207. The number of anilines is 2. The van der Waals surface area contributed by atoms with Crippen LogP contribution in [0.5, 0.6) is 0 Å². The number of carbonyl (C=O) groups is 2. The number of amides is 3. The molecule has 0 saturated heterocycles. The van der Waals surface area contributed by atoms with Gasteiger partial charge in [0.15, 0.2) is 0 Å². The molecule has 0 aromatic heterocycles. The summed E-state index contributed by atoms with van der Waals surface area (Å²) in [7, 11) is 0. The number of urea groups is 1. The molecule has 1 aromatic carbocycles. The number of hydrogen-bond donors (Lipinski definition) is 3. The molecule has 23 heavy (non-hydrogen) atoms. The van der Waals surface area contributed by atoms with E-state index < -0.39 is 5.54 Å². The fourth-order valence-corrected chi connectivity index (χ4v) is 2.82. The molecule has 0 radical (unpaired) electrons. The van der Waals surface area contributed by atoms with Gasteiger partial charge in [0.25, 0.3) is 0 Å². The maximum Gasteiger partial charge on any atom is 0.321 e. The SMILES string of the molecule is CCCC(C)(N)C(=O)Nc1ccc2c(c1)N(C(=O)NCC)CC2. The van der Waals surface area contributed by atoms with Gasteiger partial charge in [-0.05, 0) is 44.4 Å². The fraction of sp³-hybridized carbons (Fsp3) is 0.529. The van der Waals surface area contributed by atoms with Crippen molar-refractivity contribution >= 4 is 23.3 Å². The Morgan fingerprint density at radius 2 is 2.09 bits per heavy atom. The van der Waals surface area contributed by atoms with Crippen molar-refractivity contribution in [3.63, 3.8) is 0 Å². The predicted octanol–water partition coefficient (Wildman–Crippen LogP) is 2.23. The minimum Gasteiger partial charge on any atom is -0.338 e. The lowest BCUT2D eigenvalue weighted by Crippen LogP contribution is -2.48. The van der Waals surface area contributed by atoms with E-state index in [4.69, 9.17) is 5.73 Å². The summed E-state index contributed by atoms with van der Waals surface area (Å²) in [6.07, 6.45) is 2.29. The van der Waals surface area contributed by atoms with Crippen LogP contribution < -0.4 is 21.3 Å². The fourth-order valence-electron chi connectivity index (χ4n) is 2.82. The van der Waals surface area contributed by atoms with E-state index >= 15 is 0 Å². The highest BCUT2D eigenvalue weighted by molar-refractivity contribution is 5.99. The lowest BCUT2D eigenvalue weighted by molar-refractivity contribution is -0.120. The molecule has 2 rings (SSSR count). The second kappa shape index (κ2) is 7.00. The Bertz CT molecular complexity index is 598. The van der Waals surface area contributed by atoms with Crippen LogP contribution in [0.25, 0.3) is 0 Å². The van der Waals surface area contributed by atoms with Gasteiger partial charge in [-0.2, -0.15) is 0 Å². The molecule has 0 spiro atoms. The molecule has 1 aliphatic heterocycles. The molecule has 6 heteroatoms. The average molecular weight is 318 g/mol. The second-order valence-corrected chi connectivity index (χ2v) is 6.20. The van der Waals surface area contributed by atoms with Gasteiger partial charge in [0, 0.05) is 18.8 Å². The van der Waals surface area contributed by atoms with Crippen molar-refractivity contribution in [2.45, 2.75) is 45.6 Å². The van der Waals surface area contributed by atoms with Crippen LogP contribution in [0.1, 0.15) is 39.2 Å². The van der Waals surface area contributed by atoms with E-state index in [1.54, 1.807) is 11.8 Å². The summed E-state index contributed by atoms with van der Waals surface area (Å²) in [6, 6.07) is 5.55. The van der Waals surface area contributed by atoms with Gasteiger partial charge in [0.2, 0.25) is 5.91 Å². The first kappa shape index (κ1) is 17.3. The average Bonchev–Trinajstić information content (AvgIpc) is 2.90. The number of fused-ring (bicyclic) bond motifs is 1. The summed E-state index contributed by atoms with van der Waals surface area (Å²) >= 11 is 0. The summed E-state index contributed by atoms with van der Waals surface area (Å²) < 4.78 is 0. The van der Waals surface area contributed by atoms with Crippen molar-refractivity contribution < 1.29 is 9.59 Å². The van der Waals surface area contributed by atoms with Gasteiger partial charge in [-0.1, -0.05) is 19.4 Å². The van der Waals surface area contributed by atoms with Crippen LogP contribution in [0.3, 0.4) is 0 Å². The van der Waals surface area contributed by atoms with Crippen molar-refractivity contribution in [1.29, 1.82) is 0 Å². The van der Waals surface area contributed by atoms with E-state index in [9.17, 15) is 9.59 Å². The monoisotopic (exact) mass is 318 g/mol. The van der Waals surface area contributed by atoms with Crippen LogP contribution in [0.2, 0.25) is 0 Å². The van der Waals surface area contributed by atoms with Crippen molar-refractivity contribution in [1.82, 2.24) is 5.32 Å². The Balaban J connectivity index is 2.16. The molecule has 1 unspecified atom stereocenters. The van der Waals surface area contributed by atoms with E-state index in [2.05, 4.69) is 10.6 Å². The largest absolute Gasteiger partial charge is 0.338 e. The second-order valence-electron chi connectivity index (χ2n) is 6.20. The van der Waals surface area contributed by atoms with E-state index in [0.29, 0.717) is 25.2 Å². The van der Waals surface area contributed by atoms with Gasteiger partial charge >= 0.3 is 6.03 Å². The van der Waals surface area contributed by atoms with Crippen molar-refractivity contribution in [2.75, 3.05) is 23.3 Å². The molecule has 4 N–H and O–H groups in total. The van der Waals surface area contributed by atoms with Crippen molar-refractivity contribution in [3.05, 3.63) is 23.8 Å².